The lowest BCUT2D eigenvalue weighted by Gasteiger charge is -2.20. The van der Waals surface area contributed by atoms with Crippen LogP contribution in [0.5, 0.6) is 0 Å². The molecule has 1 fully saturated rings. The van der Waals surface area contributed by atoms with E-state index in [-0.39, 0.29) is 5.60 Å². The summed E-state index contributed by atoms with van der Waals surface area (Å²) in [6.45, 7) is 8.13. The molecule has 1 saturated carbocycles. The molecule has 78 valence electrons. The Bertz CT molecular complexity index is 134. The van der Waals surface area contributed by atoms with Gasteiger partial charge in [0.25, 0.3) is 0 Å². The second-order valence-corrected chi connectivity index (χ2v) is 4.90. The lowest BCUT2D eigenvalue weighted by atomic mass is 10.2. The molecule has 0 aromatic carbocycles. The molecule has 1 rings (SSSR count). The van der Waals surface area contributed by atoms with Gasteiger partial charge >= 0.3 is 0 Å². The molecule has 0 saturated heterocycles. The number of hydrogen-bond donors (Lipinski definition) is 1. The van der Waals surface area contributed by atoms with Gasteiger partial charge in [0.1, 0.15) is 0 Å². The molecule has 0 bridgehead atoms. The van der Waals surface area contributed by atoms with Crippen LogP contribution < -0.4 is 5.32 Å². The van der Waals surface area contributed by atoms with Crippen molar-refractivity contribution in [3.05, 3.63) is 0 Å². The molecule has 0 atom stereocenters. The Morgan fingerprint density at radius 3 is 2.38 bits per heavy atom. The third-order valence-corrected chi connectivity index (χ3v) is 2.43. The predicted octanol–water partition coefficient (Wildman–Crippen LogP) is 2.33. The Morgan fingerprint density at radius 1 is 1.23 bits per heavy atom. The monoisotopic (exact) mass is 185 g/mol. The molecule has 0 aromatic rings. The summed E-state index contributed by atoms with van der Waals surface area (Å²) in [5.41, 5.74) is 0.0113. The maximum Gasteiger partial charge on any atom is 0.0599 e. The minimum atomic E-state index is 0.0113. The molecule has 0 radical (unpaired) electrons. The summed E-state index contributed by atoms with van der Waals surface area (Å²) in [5.74, 6) is 0. The normalized spacial score (nSPS) is 19.6. The van der Waals surface area contributed by atoms with Gasteiger partial charge in [-0.25, -0.2) is 0 Å². The molecule has 1 aliphatic rings. The van der Waals surface area contributed by atoms with Crippen LogP contribution in [0.4, 0.5) is 0 Å². The second kappa shape index (κ2) is 4.97. The van der Waals surface area contributed by atoms with Gasteiger partial charge in [-0.15, -0.1) is 0 Å². The van der Waals surface area contributed by atoms with E-state index in [1.54, 1.807) is 0 Å². The largest absolute Gasteiger partial charge is 0.375 e. The van der Waals surface area contributed by atoms with Crippen LogP contribution in [-0.4, -0.2) is 24.8 Å². The average Bonchev–Trinajstić information content (AvgIpc) is 2.48. The first-order valence-corrected chi connectivity index (χ1v) is 5.45. The van der Waals surface area contributed by atoms with E-state index >= 15 is 0 Å². The molecule has 0 aliphatic heterocycles. The van der Waals surface area contributed by atoms with Crippen molar-refractivity contribution < 1.29 is 4.74 Å². The first-order valence-electron chi connectivity index (χ1n) is 5.45. The highest BCUT2D eigenvalue weighted by Gasteiger charge is 2.14. The third-order valence-electron chi connectivity index (χ3n) is 2.43. The van der Waals surface area contributed by atoms with Crippen molar-refractivity contribution in [2.75, 3.05) is 13.2 Å². The Balaban J connectivity index is 1.94. The molecule has 2 heteroatoms. The number of ether oxygens (including phenoxy) is 1. The van der Waals surface area contributed by atoms with Gasteiger partial charge in [-0.05, 0) is 33.6 Å². The molecule has 0 spiro atoms. The van der Waals surface area contributed by atoms with Crippen molar-refractivity contribution in [3.63, 3.8) is 0 Å². The summed E-state index contributed by atoms with van der Waals surface area (Å²) < 4.78 is 5.63. The quantitative estimate of drug-likeness (QED) is 0.679. The predicted molar refractivity (Wildman–Crippen MR) is 56.0 cm³/mol. The van der Waals surface area contributed by atoms with E-state index < -0.39 is 0 Å². The minimum absolute atomic E-state index is 0.0113. The zero-order chi connectivity index (χ0) is 9.73. The molecule has 13 heavy (non-hydrogen) atoms. The van der Waals surface area contributed by atoms with Crippen LogP contribution in [0.3, 0.4) is 0 Å². The van der Waals surface area contributed by atoms with Gasteiger partial charge in [0.15, 0.2) is 0 Å². The average molecular weight is 185 g/mol. The number of rotatable bonds is 4. The SMILES string of the molecule is CC(C)(C)OCCNC1CCCC1. The maximum absolute atomic E-state index is 5.63. The molecule has 1 aliphatic carbocycles. The lowest BCUT2D eigenvalue weighted by Crippen LogP contribution is -2.32. The molecule has 0 aromatic heterocycles. The Labute approximate surface area is 82.0 Å². The summed E-state index contributed by atoms with van der Waals surface area (Å²) in [6.07, 6.45) is 5.51. The third kappa shape index (κ3) is 5.27. The summed E-state index contributed by atoms with van der Waals surface area (Å²) in [7, 11) is 0. The van der Waals surface area contributed by atoms with Gasteiger partial charge in [-0.2, -0.15) is 0 Å². The van der Waals surface area contributed by atoms with Gasteiger partial charge < -0.3 is 10.1 Å². The molecular formula is C11H23NO. The lowest BCUT2D eigenvalue weighted by molar-refractivity contribution is -0.00156. The van der Waals surface area contributed by atoms with Gasteiger partial charge in [0.05, 0.1) is 12.2 Å². The molecule has 1 N–H and O–H groups in total. The smallest absolute Gasteiger partial charge is 0.0599 e. The fourth-order valence-electron chi connectivity index (χ4n) is 1.75. The highest BCUT2D eigenvalue weighted by atomic mass is 16.5. The van der Waals surface area contributed by atoms with E-state index in [4.69, 9.17) is 4.74 Å². The van der Waals surface area contributed by atoms with Crippen molar-refractivity contribution in [3.8, 4) is 0 Å². The molecule has 0 amide bonds. The van der Waals surface area contributed by atoms with Gasteiger partial charge in [0, 0.05) is 12.6 Å². The highest BCUT2D eigenvalue weighted by molar-refractivity contribution is 4.73. The molecular weight excluding hydrogens is 162 g/mol. The van der Waals surface area contributed by atoms with Gasteiger partial charge in [-0.3, -0.25) is 0 Å². The maximum atomic E-state index is 5.63. The molecule has 0 heterocycles. The van der Waals surface area contributed by atoms with Crippen molar-refractivity contribution in [2.45, 2.75) is 58.1 Å². The Kier molecular flexibility index (Phi) is 4.20. The standard InChI is InChI=1S/C11H23NO/c1-11(2,3)13-9-8-12-10-6-4-5-7-10/h10,12H,4-9H2,1-3H3. The Morgan fingerprint density at radius 2 is 1.85 bits per heavy atom. The van der Waals surface area contributed by atoms with Crippen LogP contribution in [0.1, 0.15) is 46.5 Å². The van der Waals surface area contributed by atoms with E-state index in [9.17, 15) is 0 Å². The van der Waals surface area contributed by atoms with Crippen LogP contribution in [0, 0.1) is 0 Å². The van der Waals surface area contributed by atoms with E-state index in [1.165, 1.54) is 25.7 Å². The fraction of sp³-hybridized carbons (Fsp3) is 1.00. The van der Waals surface area contributed by atoms with Crippen molar-refractivity contribution in [1.82, 2.24) is 5.32 Å². The number of nitrogens with one attached hydrogen (secondary N) is 1. The highest BCUT2D eigenvalue weighted by Crippen LogP contribution is 2.17. The summed E-state index contributed by atoms with van der Waals surface area (Å²) in [6, 6.07) is 0.767. The van der Waals surface area contributed by atoms with Crippen molar-refractivity contribution >= 4 is 0 Å². The summed E-state index contributed by atoms with van der Waals surface area (Å²) >= 11 is 0. The zero-order valence-electron chi connectivity index (χ0n) is 9.23. The van der Waals surface area contributed by atoms with Crippen LogP contribution in [0.2, 0.25) is 0 Å². The first kappa shape index (κ1) is 11.0. The Hall–Kier alpha value is -0.0800. The van der Waals surface area contributed by atoms with Crippen LogP contribution >= 0.6 is 0 Å². The second-order valence-electron chi connectivity index (χ2n) is 4.90. The minimum Gasteiger partial charge on any atom is -0.375 e. The van der Waals surface area contributed by atoms with Crippen LogP contribution in [0.25, 0.3) is 0 Å². The van der Waals surface area contributed by atoms with Gasteiger partial charge in [0.2, 0.25) is 0 Å². The first-order chi connectivity index (χ1) is 6.08. The fourth-order valence-corrected chi connectivity index (χ4v) is 1.75. The van der Waals surface area contributed by atoms with E-state index in [1.807, 2.05) is 0 Å². The van der Waals surface area contributed by atoms with Crippen LogP contribution in [-0.2, 0) is 4.74 Å². The number of hydrogen-bond acceptors (Lipinski definition) is 2. The van der Waals surface area contributed by atoms with Crippen LogP contribution in [0.15, 0.2) is 0 Å². The topological polar surface area (TPSA) is 21.3 Å². The molecule has 2 nitrogen and oxygen atoms in total. The van der Waals surface area contributed by atoms with Gasteiger partial charge in [-0.1, -0.05) is 12.8 Å². The van der Waals surface area contributed by atoms with E-state index in [0.717, 1.165) is 19.2 Å². The zero-order valence-corrected chi connectivity index (χ0v) is 9.23. The van der Waals surface area contributed by atoms with E-state index in [2.05, 4.69) is 26.1 Å². The summed E-state index contributed by atoms with van der Waals surface area (Å²) in [5, 5.41) is 3.53. The van der Waals surface area contributed by atoms with E-state index in [0.29, 0.717) is 0 Å². The van der Waals surface area contributed by atoms with Crippen molar-refractivity contribution in [2.24, 2.45) is 0 Å². The van der Waals surface area contributed by atoms with Crippen molar-refractivity contribution in [1.29, 1.82) is 0 Å². The molecule has 0 unspecified atom stereocenters. The summed E-state index contributed by atoms with van der Waals surface area (Å²) in [4.78, 5) is 0.